The summed E-state index contributed by atoms with van der Waals surface area (Å²) >= 11 is 0. The number of imidazole rings is 1. The second kappa shape index (κ2) is 6.40. The number of fused-ring (bicyclic) bond motifs is 1. The van der Waals surface area contributed by atoms with Crippen LogP contribution in [0.25, 0.3) is 11.2 Å². The van der Waals surface area contributed by atoms with E-state index in [9.17, 15) is 19.8 Å². The lowest BCUT2D eigenvalue weighted by molar-refractivity contribution is -0.218. The molecule has 0 unspecified atom stereocenters. The van der Waals surface area contributed by atoms with Gasteiger partial charge in [0.25, 0.3) is 5.56 Å². The highest BCUT2D eigenvalue weighted by Crippen LogP contribution is 2.33. The Morgan fingerprint density at radius 2 is 2.32 bits per heavy atom. The van der Waals surface area contributed by atoms with Gasteiger partial charge < -0.3 is 20.7 Å². The van der Waals surface area contributed by atoms with E-state index in [4.69, 9.17) is 15.3 Å². The molecule has 3 rings (SSSR count). The molecule has 4 atom stereocenters. The van der Waals surface area contributed by atoms with E-state index in [1.54, 1.807) is 0 Å². The molecule has 12 heteroatoms. The van der Waals surface area contributed by atoms with E-state index in [2.05, 4.69) is 15.0 Å². The topological polar surface area (TPSA) is 169 Å². The van der Waals surface area contributed by atoms with Crippen molar-refractivity contribution < 1.29 is 24.6 Å². The number of aromatic nitrogens is 4. The summed E-state index contributed by atoms with van der Waals surface area (Å²) in [5.74, 6) is -0.512. The molecular formula is C13H18N6O6. The van der Waals surface area contributed by atoms with E-state index >= 15 is 0 Å². The van der Waals surface area contributed by atoms with Crippen LogP contribution in [-0.2, 0) is 14.4 Å². The number of hydrogen-bond acceptors (Lipinski definition) is 9. The van der Waals surface area contributed by atoms with Crippen molar-refractivity contribution in [2.75, 3.05) is 19.4 Å². The van der Waals surface area contributed by atoms with Gasteiger partial charge in [0.05, 0.1) is 12.9 Å². The fourth-order valence-electron chi connectivity index (χ4n) is 2.59. The summed E-state index contributed by atoms with van der Waals surface area (Å²) in [5, 5.41) is 20.7. The average Bonchev–Trinajstić information content (AvgIpc) is 3.09. The lowest BCUT2D eigenvalue weighted by Gasteiger charge is -2.25. The number of hydroxylamine groups is 2. The number of nitrogens with one attached hydrogen (secondary N) is 1. The summed E-state index contributed by atoms with van der Waals surface area (Å²) < 4.78 is 6.97. The van der Waals surface area contributed by atoms with Gasteiger partial charge in [0.1, 0.15) is 12.2 Å². The van der Waals surface area contributed by atoms with Crippen molar-refractivity contribution in [2.24, 2.45) is 0 Å². The molecule has 2 aromatic rings. The van der Waals surface area contributed by atoms with Crippen molar-refractivity contribution in [3.05, 3.63) is 16.7 Å². The monoisotopic (exact) mass is 354 g/mol. The largest absolute Gasteiger partial charge is 0.394 e. The molecule has 1 aliphatic heterocycles. The van der Waals surface area contributed by atoms with E-state index in [0.29, 0.717) is 0 Å². The first kappa shape index (κ1) is 17.3. The molecule has 136 valence electrons. The summed E-state index contributed by atoms with van der Waals surface area (Å²) in [6.45, 7) is 0.819. The van der Waals surface area contributed by atoms with E-state index < -0.39 is 42.6 Å². The number of hydrogen-bond donors (Lipinski definition) is 4. The number of nitrogens with zero attached hydrogens (tertiary/aromatic N) is 4. The molecule has 0 aliphatic carbocycles. The molecule has 0 spiro atoms. The zero-order valence-electron chi connectivity index (χ0n) is 13.5. The second-order valence-corrected chi connectivity index (χ2v) is 5.60. The maximum atomic E-state index is 11.9. The van der Waals surface area contributed by atoms with Crippen LogP contribution in [0.15, 0.2) is 11.1 Å². The second-order valence-electron chi connectivity index (χ2n) is 5.60. The Bertz CT molecular complexity index is 849. The zero-order valence-corrected chi connectivity index (χ0v) is 13.5. The van der Waals surface area contributed by atoms with Crippen molar-refractivity contribution in [2.45, 2.75) is 31.5 Å². The van der Waals surface area contributed by atoms with Crippen molar-refractivity contribution in [1.29, 1.82) is 0 Å². The number of nitrogens with two attached hydrogens (primary N) is 1. The first-order chi connectivity index (χ1) is 11.8. The van der Waals surface area contributed by atoms with Gasteiger partial charge in [-0.05, 0) is 0 Å². The average molecular weight is 354 g/mol. The molecule has 1 amide bonds. The number of aliphatic hydroxyl groups excluding tert-OH is 2. The van der Waals surface area contributed by atoms with Crippen molar-refractivity contribution in [3.8, 4) is 0 Å². The Morgan fingerprint density at radius 1 is 1.60 bits per heavy atom. The van der Waals surface area contributed by atoms with Crippen LogP contribution in [0.3, 0.4) is 0 Å². The van der Waals surface area contributed by atoms with E-state index in [-0.39, 0.29) is 17.1 Å². The quantitative estimate of drug-likeness (QED) is 0.442. The standard InChI is InChI=1S/C13H18N6O6/c1-5(21)18(2)25-9-8(22)6(3-20)24-12(9)19-4-15-7-10(19)16-13(14)17-11(7)23/h4,6,8-9,12,20,22H,3H2,1-2H3,(H3,14,16,17,23)/t6-,8-,9-,12-/m1/s1. The van der Waals surface area contributed by atoms with Gasteiger partial charge in [-0.3, -0.25) is 24.0 Å². The number of carbonyl (C=O) groups is 1. The van der Waals surface area contributed by atoms with Gasteiger partial charge in [0, 0.05) is 14.0 Å². The van der Waals surface area contributed by atoms with Gasteiger partial charge in [0.2, 0.25) is 11.9 Å². The van der Waals surface area contributed by atoms with Crippen LogP contribution in [-0.4, -0.2) is 72.7 Å². The Balaban J connectivity index is 2.04. The summed E-state index contributed by atoms with van der Waals surface area (Å²) in [4.78, 5) is 39.1. The molecular weight excluding hydrogens is 336 g/mol. The number of aliphatic hydroxyl groups is 2. The Hall–Kier alpha value is -2.54. The molecule has 1 fully saturated rings. The minimum Gasteiger partial charge on any atom is -0.394 e. The van der Waals surface area contributed by atoms with Gasteiger partial charge in [0.15, 0.2) is 23.5 Å². The fraction of sp³-hybridized carbons (Fsp3) is 0.538. The molecule has 5 N–H and O–H groups in total. The molecule has 1 saturated heterocycles. The fourth-order valence-corrected chi connectivity index (χ4v) is 2.59. The van der Waals surface area contributed by atoms with Crippen molar-refractivity contribution in [1.82, 2.24) is 24.6 Å². The number of carbonyl (C=O) groups excluding carboxylic acids is 1. The Kier molecular flexibility index (Phi) is 4.43. The summed E-state index contributed by atoms with van der Waals surface area (Å²) in [6.07, 6.45) is -2.94. The molecule has 25 heavy (non-hydrogen) atoms. The smallest absolute Gasteiger partial charge is 0.280 e. The van der Waals surface area contributed by atoms with Crippen LogP contribution in [0, 0.1) is 0 Å². The van der Waals surface area contributed by atoms with E-state index in [1.807, 2.05) is 0 Å². The molecule has 3 heterocycles. The molecule has 1 aliphatic rings. The zero-order chi connectivity index (χ0) is 18.3. The maximum absolute atomic E-state index is 11.9. The molecule has 2 aromatic heterocycles. The van der Waals surface area contributed by atoms with Gasteiger partial charge in [-0.1, -0.05) is 0 Å². The van der Waals surface area contributed by atoms with Crippen LogP contribution in [0.2, 0.25) is 0 Å². The van der Waals surface area contributed by atoms with Gasteiger partial charge in [-0.15, -0.1) is 0 Å². The van der Waals surface area contributed by atoms with Crippen molar-refractivity contribution in [3.63, 3.8) is 0 Å². The van der Waals surface area contributed by atoms with E-state index in [1.165, 1.54) is 24.9 Å². The third kappa shape index (κ3) is 2.95. The number of H-pyrrole nitrogens is 1. The summed E-state index contributed by atoms with van der Waals surface area (Å²) in [5.41, 5.74) is 5.18. The van der Waals surface area contributed by atoms with Crippen LogP contribution in [0.1, 0.15) is 13.2 Å². The number of ether oxygens (including phenoxy) is 1. The SMILES string of the molecule is CC(=O)N(C)O[C@@H]1[C@H](O)[C@@H](CO)O[C@H]1n1cnc2c(=O)[nH]c(N)nc21. The Labute approximate surface area is 140 Å². The number of aromatic amines is 1. The maximum Gasteiger partial charge on any atom is 0.280 e. The third-order valence-corrected chi connectivity index (χ3v) is 3.94. The van der Waals surface area contributed by atoms with E-state index in [0.717, 1.165) is 5.06 Å². The van der Waals surface area contributed by atoms with Gasteiger partial charge >= 0.3 is 0 Å². The first-order valence-corrected chi connectivity index (χ1v) is 7.41. The van der Waals surface area contributed by atoms with Crippen LogP contribution < -0.4 is 11.3 Å². The van der Waals surface area contributed by atoms with Crippen LogP contribution >= 0.6 is 0 Å². The molecule has 0 aromatic carbocycles. The van der Waals surface area contributed by atoms with Gasteiger partial charge in [-0.25, -0.2) is 10.0 Å². The van der Waals surface area contributed by atoms with Crippen molar-refractivity contribution >= 4 is 23.0 Å². The molecule has 12 nitrogen and oxygen atoms in total. The predicted molar refractivity (Wildman–Crippen MR) is 82.9 cm³/mol. The Morgan fingerprint density at radius 3 is 2.96 bits per heavy atom. The highest BCUT2D eigenvalue weighted by atomic mass is 16.7. The van der Waals surface area contributed by atoms with Crippen LogP contribution in [0.4, 0.5) is 5.95 Å². The minimum atomic E-state index is -1.23. The number of nitrogen functional groups attached to an aromatic ring is 1. The number of amides is 1. The lowest BCUT2D eigenvalue weighted by atomic mass is 10.1. The lowest BCUT2D eigenvalue weighted by Crippen LogP contribution is -2.41. The van der Waals surface area contributed by atoms with Gasteiger partial charge in [-0.2, -0.15) is 4.98 Å². The summed E-state index contributed by atoms with van der Waals surface area (Å²) in [6, 6.07) is 0. The number of anilines is 1. The molecule has 0 saturated carbocycles. The number of rotatable bonds is 4. The normalized spacial score (nSPS) is 26.2. The first-order valence-electron chi connectivity index (χ1n) is 7.41. The predicted octanol–water partition coefficient (Wildman–Crippen LogP) is -2.27. The summed E-state index contributed by atoms with van der Waals surface area (Å²) in [7, 11) is 1.38. The molecule has 0 bridgehead atoms. The highest BCUT2D eigenvalue weighted by molar-refractivity contribution is 5.71. The highest BCUT2D eigenvalue weighted by Gasteiger charge is 2.47. The molecule has 0 radical (unpaired) electrons. The third-order valence-electron chi connectivity index (χ3n) is 3.94. The van der Waals surface area contributed by atoms with Crippen LogP contribution in [0.5, 0.6) is 0 Å². The minimum absolute atomic E-state index is 0.0263.